The highest BCUT2D eigenvalue weighted by Gasteiger charge is 2.76. The van der Waals surface area contributed by atoms with Crippen LogP contribution in [0.1, 0.15) is 133 Å². The average Bonchev–Trinajstić information content (AvgIpc) is 2.94. The highest BCUT2D eigenvalue weighted by molar-refractivity contribution is 5.34. The van der Waals surface area contributed by atoms with Gasteiger partial charge >= 0.3 is 0 Å². The van der Waals surface area contributed by atoms with E-state index in [-0.39, 0.29) is 0 Å². The van der Waals surface area contributed by atoms with E-state index in [0.29, 0.717) is 38.5 Å². The van der Waals surface area contributed by atoms with E-state index in [2.05, 4.69) is 68.4 Å². The van der Waals surface area contributed by atoms with Crippen LogP contribution in [0.15, 0.2) is 11.6 Å². The Morgan fingerprint density at radius 1 is 0.812 bits per heavy atom. The lowest BCUT2D eigenvalue weighted by molar-refractivity contribution is -0.234. The Bertz CT molecular complexity index is 766. The Hall–Kier alpha value is -0.300. The Labute approximate surface area is 200 Å². The van der Waals surface area contributed by atoms with Crippen molar-refractivity contribution in [2.75, 3.05) is 0 Å². The summed E-state index contributed by atoms with van der Waals surface area (Å²) in [4.78, 5) is 0. The third kappa shape index (κ3) is 2.85. The van der Waals surface area contributed by atoms with Crippen LogP contribution in [-0.2, 0) is 0 Å². The zero-order valence-electron chi connectivity index (χ0n) is 23.2. The van der Waals surface area contributed by atoms with E-state index in [0.717, 1.165) is 18.3 Å². The van der Waals surface area contributed by atoms with Gasteiger partial charge in [0.1, 0.15) is 0 Å². The molecule has 1 heteroatoms. The molecular formula is C31H55N. The van der Waals surface area contributed by atoms with E-state index in [9.17, 15) is 0 Å². The SMILES string of the molecule is CC(C)CCCC(C)C1(C)CCC2(C)C1(C)CCC1(C)C3(C)CCC(N)CC3=CCC12C. The van der Waals surface area contributed by atoms with Crippen molar-refractivity contribution in [1.29, 1.82) is 0 Å². The molecule has 0 aromatic heterocycles. The molecule has 0 aromatic carbocycles. The predicted octanol–water partition coefficient (Wildman–Crippen LogP) is 8.92. The van der Waals surface area contributed by atoms with Crippen LogP contribution in [0, 0.1) is 44.3 Å². The summed E-state index contributed by atoms with van der Waals surface area (Å²) in [5, 5.41) is 0. The third-order valence-corrected chi connectivity index (χ3v) is 13.9. The molecule has 8 unspecified atom stereocenters. The van der Waals surface area contributed by atoms with Crippen molar-refractivity contribution in [3.8, 4) is 0 Å². The maximum Gasteiger partial charge on any atom is 0.00766 e. The monoisotopic (exact) mass is 441 g/mol. The van der Waals surface area contributed by atoms with Crippen molar-refractivity contribution < 1.29 is 0 Å². The Morgan fingerprint density at radius 3 is 2.09 bits per heavy atom. The van der Waals surface area contributed by atoms with Gasteiger partial charge in [-0.15, -0.1) is 0 Å². The molecule has 1 nitrogen and oxygen atoms in total. The fraction of sp³-hybridized carbons (Fsp3) is 0.935. The molecule has 32 heavy (non-hydrogen) atoms. The molecule has 2 N–H and O–H groups in total. The zero-order chi connectivity index (χ0) is 23.8. The van der Waals surface area contributed by atoms with Gasteiger partial charge in [0.25, 0.3) is 0 Å². The number of fused-ring (bicyclic) bond motifs is 5. The molecule has 0 bridgehead atoms. The highest BCUT2D eigenvalue weighted by Crippen LogP contribution is 2.83. The number of rotatable bonds is 5. The Balaban J connectivity index is 1.71. The summed E-state index contributed by atoms with van der Waals surface area (Å²) < 4.78 is 0. The van der Waals surface area contributed by atoms with Crippen molar-refractivity contribution in [1.82, 2.24) is 0 Å². The highest BCUT2D eigenvalue weighted by atomic mass is 14.8. The van der Waals surface area contributed by atoms with Crippen LogP contribution < -0.4 is 5.73 Å². The van der Waals surface area contributed by atoms with E-state index < -0.39 is 0 Å². The first-order chi connectivity index (χ1) is 14.7. The van der Waals surface area contributed by atoms with Gasteiger partial charge < -0.3 is 5.73 Å². The fourth-order valence-electron chi connectivity index (χ4n) is 10.3. The van der Waals surface area contributed by atoms with Crippen molar-refractivity contribution in [3.05, 3.63) is 11.6 Å². The second-order valence-electron chi connectivity index (χ2n) is 14.7. The first kappa shape index (κ1) is 24.8. The zero-order valence-corrected chi connectivity index (χ0v) is 23.2. The lowest BCUT2D eigenvalue weighted by Crippen LogP contribution is -2.67. The summed E-state index contributed by atoms with van der Waals surface area (Å²) in [5.41, 5.74) is 10.5. The molecule has 4 aliphatic rings. The third-order valence-electron chi connectivity index (χ3n) is 13.9. The van der Waals surface area contributed by atoms with Crippen molar-refractivity contribution >= 4 is 0 Å². The first-order valence-electron chi connectivity index (χ1n) is 14.2. The number of hydrogen-bond acceptors (Lipinski definition) is 1. The summed E-state index contributed by atoms with van der Waals surface area (Å²) >= 11 is 0. The second kappa shape index (κ2) is 7.60. The van der Waals surface area contributed by atoms with E-state index in [1.807, 2.05) is 0 Å². The van der Waals surface area contributed by atoms with Crippen LogP contribution in [0.3, 0.4) is 0 Å². The van der Waals surface area contributed by atoms with Gasteiger partial charge in [0, 0.05) is 6.04 Å². The maximum atomic E-state index is 6.46. The van der Waals surface area contributed by atoms with Crippen LogP contribution >= 0.6 is 0 Å². The largest absolute Gasteiger partial charge is 0.327 e. The molecule has 0 saturated heterocycles. The van der Waals surface area contributed by atoms with Crippen molar-refractivity contribution in [3.63, 3.8) is 0 Å². The minimum atomic E-state index is 0.335. The molecular weight excluding hydrogens is 386 g/mol. The van der Waals surface area contributed by atoms with E-state index in [1.165, 1.54) is 64.2 Å². The fourth-order valence-corrected chi connectivity index (χ4v) is 10.3. The van der Waals surface area contributed by atoms with Crippen LogP contribution in [-0.4, -0.2) is 6.04 Å². The van der Waals surface area contributed by atoms with Crippen molar-refractivity contribution in [2.24, 2.45) is 50.1 Å². The summed E-state index contributed by atoms with van der Waals surface area (Å²) in [7, 11) is 0. The van der Waals surface area contributed by atoms with Gasteiger partial charge in [-0.3, -0.25) is 0 Å². The van der Waals surface area contributed by atoms with Crippen LogP contribution in [0.5, 0.6) is 0 Å². The molecule has 4 rings (SSSR count). The number of nitrogens with two attached hydrogens (primary N) is 1. The van der Waals surface area contributed by atoms with Gasteiger partial charge in [0.05, 0.1) is 0 Å². The smallest absolute Gasteiger partial charge is 0.00766 e. The van der Waals surface area contributed by atoms with Gasteiger partial charge in [-0.2, -0.15) is 0 Å². The van der Waals surface area contributed by atoms with E-state index in [1.54, 1.807) is 5.57 Å². The molecule has 8 atom stereocenters. The normalized spacial score (nSPS) is 51.6. The van der Waals surface area contributed by atoms with Gasteiger partial charge in [-0.25, -0.2) is 0 Å². The lowest BCUT2D eigenvalue weighted by atomic mass is 9.30. The number of allylic oxidation sites excluding steroid dienone is 1. The Morgan fingerprint density at radius 2 is 1.44 bits per heavy atom. The predicted molar refractivity (Wildman–Crippen MR) is 139 cm³/mol. The summed E-state index contributed by atoms with van der Waals surface area (Å²) in [6, 6.07) is 0.383. The molecule has 0 heterocycles. The summed E-state index contributed by atoms with van der Waals surface area (Å²) in [6.45, 7) is 23.6. The molecule has 0 amide bonds. The lowest BCUT2D eigenvalue weighted by Gasteiger charge is -2.74. The molecule has 3 fully saturated rings. The van der Waals surface area contributed by atoms with Gasteiger partial charge in [0.15, 0.2) is 0 Å². The molecule has 0 aromatic rings. The minimum Gasteiger partial charge on any atom is -0.327 e. The van der Waals surface area contributed by atoms with Crippen LogP contribution in [0.2, 0.25) is 0 Å². The van der Waals surface area contributed by atoms with Gasteiger partial charge in [0.2, 0.25) is 0 Å². The van der Waals surface area contributed by atoms with Gasteiger partial charge in [-0.1, -0.05) is 93.2 Å². The standard InChI is InChI=1S/C31H55N/c1-22(2)11-10-12-23(3)26(4)17-18-31(9)28(26,6)19-20-29(7)27(5)15-14-25(32)21-24(27)13-16-30(29,31)8/h13,22-23,25H,10-12,14-21,32H2,1-9H3. The first-order valence-corrected chi connectivity index (χ1v) is 14.2. The molecule has 4 aliphatic carbocycles. The summed E-state index contributed by atoms with van der Waals surface area (Å²) in [6.07, 6.45) is 17.5. The van der Waals surface area contributed by atoms with Crippen molar-refractivity contribution in [2.45, 2.75) is 139 Å². The van der Waals surface area contributed by atoms with Gasteiger partial charge in [-0.05, 0) is 95.7 Å². The molecule has 3 saturated carbocycles. The molecule has 184 valence electrons. The quantitative estimate of drug-likeness (QED) is 0.423. The summed E-state index contributed by atoms with van der Waals surface area (Å²) in [5.74, 6) is 1.65. The maximum absolute atomic E-state index is 6.46. The Kier molecular flexibility index (Phi) is 5.89. The van der Waals surface area contributed by atoms with E-state index in [4.69, 9.17) is 5.73 Å². The number of hydrogen-bond donors (Lipinski definition) is 1. The molecule has 0 aliphatic heterocycles. The minimum absolute atomic E-state index is 0.335. The molecule has 0 spiro atoms. The van der Waals surface area contributed by atoms with Crippen LogP contribution in [0.25, 0.3) is 0 Å². The topological polar surface area (TPSA) is 26.0 Å². The van der Waals surface area contributed by atoms with Crippen LogP contribution in [0.4, 0.5) is 0 Å². The van der Waals surface area contributed by atoms with E-state index >= 15 is 0 Å². The second-order valence-corrected chi connectivity index (χ2v) is 14.7. The average molecular weight is 442 g/mol. The molecule has 0 radical (unpaired) electrons.